The number of nitrogens with zero attached hydrogens (tertiary/aromatic N) is 1. The Balaban J connectivity index is 1.84. The lowest BCUT2D eigenvalue weighted by molar-refractivity contribution is 0.315. The summed E-state index contributed by atoms with van der Waals surface area (Å²) in [5, 5.41) is 0. The Morgan fingerprint density at radius 3 is 2.75 bits per heavy atom. The highest BCUT2D eigenvalue weighted by molar-refractivity contribution is 6.17. The van der Waals surface area contributed by atoms with Crippen molar-refractivity contribution in [2.24, 2.45) is 5.92 Å². The molecule has 0 aliphatic carbocycles. The van der Waals surface area contributed by atoms with Gasteiger partial charge in [-0.1, -0.05) is 29.8 Å². The summed E-state index contributed by atoms with van der Waals surface area (Å²) < 4.78 is 0. The molecular weight excluding hydrogens is 218 g/mol. The Labute approximate surface area is 103 Å². The Morgan fingerprint density at radius 1 is 1.31 bits per heavy atom. The second kappa shape index (κ2) is 5.70. The molecule has 1 aromatic carbocycles. The summed E-state index contributed by atoms with van der Waals surface area (Å²) in [6.07, 6.45) is 2.49. The van der Waals surface area contributed by atoms with Gasteiger partial charge in [0, 0.05) is 19.0 Å². The monoisotopic (exact) mass is 237 g/mol. The van der Waals surface area contributed by atoms with Crippen molar-refractivity contribution in [1.29, 1.82) is 0 Å². The number of aryl methyl sites for hydroxylation is 1. The van der Waals surface area contributed by atoms with Crippen molar-refractivity contribution in [3.8, 4) is 0 Å². The molecule has 1 aromatic rings. The molecule has 0 saturated carbocycles. The van der Waals surface area contributed by atoms with Crippen LogP contribution in [0.4, 0.5) is 0 Å². The van der Waals surface area contributed by atoms with Crippen LogP contribution in [0.1, 0.15) is 24.0 Å². The minimum Gasteiger partial charge on any atom is -0.299 e. The highest BCUT2D eigenvalue weighted by Gasteiger charge is 2.21. The molecule has 0 amide bonds. The molecule has 0 radical (unpaired) electrons. The maximum absolute atomic E-state index is 5.79. The molecule has 0 spiro atoms. The molecule has 1 heterocycles. The van der Waals surface area contributed by atoms with Crippen molar-refractivity contribution < 1.29 is 0 Å². The highest BCUT2D eigenvalue weighted by atomic mass is 35.5. The predicted octanol–water partition coefficient (Wildman–Crippen LogP) is 3.45. The van der Waals surface area contributed by atoms with Gasteiger partial charge in [0.05, 0.1) is 0 Å². The second-order valence-electron chi connectivity index (χ2n) is 4.85. The first kappa shape index (κ1) is 11.9. The van der Waals surface area contributed by atoms with Gasteiger partial charge in [0.15, 0.2) is 0 Å². The number of alkyl halides is 1. The van der Waals surface area contributed by atoms with Gasteiger partial charge in [-0.15, -0.1) is 11.6 Å². The zero-order chi connectivity index (χ0) is 11.4. The zero-order valence-corrected chi connectivity index (χ0v) is 10.7. The molecule has 2 rings (SSSR count). The Morgan fingerprint density at radius 2 is 2.06 bits per heavy atom. The Bertz CT molecular complexity index is 320. The Hall–Kier alpha value is -0.530. The van der Waals surface area contributed by atoms with E-state index in [1.54, 1.807) is 0 Å². The lowest BCUT2D eigenvalue weighted by Crippen LogP contribution is -2.20. The first-order chi connectivity index (χ1) is 7.78. The second-order valence-corrected chi connectivity index (χ2v) is 5.23. The molecule has 1 atom stereocenters. The van der Waals surface area contributed by atoms with Gasteiger partial charge in [-0.05, 0) is 37.8 Å². The standard InChI is InChI=1S/C14H20ClN/c1-12-2-4-13(5-3-12)10-16-9-7-14(11-16)6-8-15/h2-5,14H,6-11H2,1H3. The van der Waals surface area contributed by atoms with Gasteiger partial charge in [0.2, 0.25) is 0 Å². The van der Waals surface area contributed by atoms with Gasteiger partial charge < -0.3 is 0 Å². The molecule has 0 N–H and O–H groups in total. The van der Waals surface area contributed by atoms with Crippen molar-refractivity contribution in [3.05, 3.63) is 35.4 Å². The van der Waals surface area contributed by atoms with Crippen LogP contribution in [-0.4, -0.2) is 23.9 Å². The van der Waals surface area contributed by atoms with Gasteiger partial charge >= 0.3 is 0 Å². The molecule has 88 valence electrons. The molecule has 1 nitrogen and oxygen atoms in total. The molecule has 16 heavy (non-hydrogen) atoms. The van der Waals surface area contributed by atoms with E-state index in [0.717, 1.165) is 18.3 Å². The van der Waals surface area contributed by atoms with E-state index in [9.17, 15) is 0 Å². The van der Waals surface area contributed by atoms with Crippen LogP contribution < -0.4 is 0 Å². The van der Waals surface area contributed by atoms with Gasteiger partial charge in [-0.25, -0.2) is 0 Å². The SMILES string of the molecule is Cc1ccc(CN2CCC(CCCl)C2)cc1. The van der Waals surface area contributed by atoms with Gasteiger partial charge in [0.25, 0.3) is 0 Å². The highest BCUT2D eigenvalue weighted by Crippen LogP contribution is 2.21. The van der Waals surface area contributed by atoms with Crippen LogP contribution in [0, 0.1) is 12.8 Å². The first-order valence-corrected chi connectivity index (χ1v) is 6.65. The average Bonchev–Trinajstić information content (AvgIpc) is 2.70. The normalized spacial score (nSPS) is 21.5. The van der Waals surface area contributed by atoms with E-state index in [-0.39, 0.29) is 0 Å². The quantitative estimate of drug-likeness (QED) is 0.726. The zero-order valence-electron chi connectivity index (χ0n) is 9.95. The molecular formula is C14H20ClN. The lowest BCUT2D eigenvalue weighted by atomic mass is 10.1. The molecule has 2 heteroatoms. The maximum Gasteiger partial charge on any atom is 0.0233 e. The van der Waals surface area contributed by atoms with Crippen molar-refractivity contribution in [3.63, 3.8) is 0 Å². The van der Waals surface area contributed by atoms with Gasteiger partial charge in [-0.2, -0.15) is 0 Å². The summed E-state index contributed by atoms with van der Waals surface area (Å²) in [4.78, 5) is 2.54. The number of halogens is 1. The van der Waals surface area contributed by atoms with E-state index >= 15 is 0 Å². The van der Waals surface area contributed by atoms with E-state index in [0.29, 0.717) is 0 Å². The van der Waals surface area contributed by atoms with E-state index < -0.39 is 0 Å². The van der Waals surface area contributed by atoms with E-state index in [4.69, 9.17) is 11.6 Å². The Kier molecular flexibility index (Phi) is 4.25. The molecule has 1 unspecified atom stereocenters. The van der Waals surface area contributed by atoms with Crippen molar-refractivity contribution >= 4 is 11.6 Å². The largest absolute Gasteiger partial charge is 0.299 e. The fraction of sp³-hybridized carbons (Fsp3) is 0.571. The summed E-state index contributed by atoms with van der Waals surface area (Å²) in [6.45, 7) is 5.69. The van der Waals surface area contributed by atoms with Crippen LogP contribution in [-0.2, 0) is 6.54 Å². The number of benzene rings is 1. The van der Waals surface area contributed by atoms with Crippen molar-refractivity contribution in [2.75, 3.05) is 19.0 Å². The minimum absolute atomic E-state index is 0.809. The summed E-state index contributed by atoms with van der Waals surface area (Å²) >= 11 is 5.79. The van der Waals surface area contributed by atoms with Gasteiger partial charge in [0.1, 0.15) is 0 Å². The molecule has 1 fully saturated rings. The maximum atomic E-state index is 5.79. The van der Waals surface area contributed by atoms with Crippen LogP contribution >= 0.6 is 11.6 Å². The molecule has 1 aliphatic rings. The topological polar surface area (TPSA) is 3.24 Å². The fourth-order valence-corrected chi connectivity index (χ4v) is 2.71. The number of hydrogen-bond donors (Lipinski definition) is 0. The summed E-state index contributed by atoms with van der Waals surface area (Å²) in [7, 11) is 0. The third kappa shape index (κ3) is 3.23. The first-order valence-electron chi connectivity index (χ1n) is 6.12. The van der Waals surface area contributed by atoms with E-state index in [1.807, 2.05) is 0 Å². The number of hydrogen-bond acceptors (Lipinski definition) is 1. The third-order valence-corrected chi connectivity index (χ3v) is 3.63. The van der Waals surface area contributed by atoms with Crippen LogP contribution in [0.3, 0.4) is 0 Å². The molecule has 1 saturated heterocycles. The predicted molar refractivity (Wildman–Crippen MR) is 69.9 cm³/mol. The molecule has 0 bridgehead atoms. The smallest absolute Gasteiger partial charge is 0.0233 e. The summed E-state index contributed by atoms with van der Waals surface area (Å²) in [6, 6.07) is 8.87. The van der Waals surface area contributed by atoms with Crippen molar-refractivity contribution in [2.45, 2.75) is 26.3 Å². The van der Waals surface area contributed by atoms with Crippen LogP contribution in [0.2, 0.25) is 0 Å². The summed E-state index contributed by atoms with van der Waals surface area (Å²) in [5.74, 6) is 1.63. The fourth-order valence-electron chi connectivity index (χ4n) is 2.40. The average molecular weight is 238 g/mol. The van der Waals surface area contributed by atoms with E-state index in [1.165, 1.54) is 37.1 Å². The van der Waals surface area contributed by atoms with Crippen LogP contribution in [0.5, 0.6) is 0 Å². The minimum atomic E-state index is 0.809. The molecule has 1 aliphatic heterocycles. The summed E-state index contributed by atoms with van der Waals surface area (Å²) in [5.41, 5.74) is 2.77. The van der Waals surface area contributed by atoms with E-state index in [2.05, 4.69) is 36.1 Å². The number of rotatable bonds is 4. The lowest BCUT2D eigenvalue weighted by Gasteiger charge is -2.15. The van der Waals surface area contributed by atoms with Crippen LogP contribution in [0.25, 0.3) is 0 Å². The van der Waals surface area contributed by atoms with Gasteiger partial charge in [-0.3, -0.25) is 4.90 Å². The van der Waals surface area contributed by atoms with Crippen LogP contribution in [0.15, 0.2) is 24.3 Å². The third-order valence-electron chi connectivity index (χ3n) is 3.41. The molecule has 0 aromatic heterocycles. The number of likely N-dealkylation sites (tertiary alicyclic amines) is 1. The van der Waals surface area contributed by atoms with Crippen molar-refractivity contribution in [1.82, 2.24) is 4.90 Å².